The zero-order valence-corrected chi connectivity index (χ0v) is 9.36. The molecule has 2 atom stereocenters. The van der Waals surface area contributed by atoms with Crippen LogP contribution in [0.3, 0.4) is 0 Å². The van der Waals surface area contributed by atoms with Gasteiger partial charge in [0.05, 0.1) is 7.11 Å². The third-order valence-corrected chi connectivity index (χ3v) is 2.91. The molecule has 2 rings (SSSR count). The Morgan fingerprint density at radius 1 is 1.56 bits per heavy atom. The van der Waals surface area contributed by atoms with Crippen LogP contribution in [0.4, 0.5) is 0 Å². The maximum Gasteiger partial charge on any atom is 0.325 e. The molecule has 0 spiro atoms. The molecule has 16 heavy (non-hydrogen) atoms. The van der Waals surface area contributed by atoms with E-state index in [1.54, 1.807) is 7.11 Å². The summed E-state index contributed by atoms with van der Waals surface area (Å²) in [4.78, 5) is 11.2. The lowest BCUT2D eigenvalue weighted by Crippen LogP contribution is -2.41. The van der Waals surface area contributed by atoms with Crippen LogP contribution in [0.15, 0.2) is 18.2 Å². The van der Waals surface area contributed by atoms with Crippen molar-refractivity contribution >= 4 is 5.97 Å². The molecule has 0 saturated carbocycles. The molecule has 1 aliphatic heterocycles. The molecule has 2 unspecified atom stereocenters. The zero-order chi connectivity index (χ0) is 11.7. The van der Waals surface area contributed by atoms with E-state index in [-0.39, 0.29) is 6.04 Å². The molecule has 0 aromatic heterocycles. The standard InChI is InChI=1S/C12H15NO3/c1-7-6-9-8(11(13-7)12(14)15)4-3-5-10(9)16-2/h3-5,7,11,13H,6H2,1-2H3,(H,14,15). The molecule has 1 aromatic rings. The van der Waals surface area contributed by atoms with Gasteiger partial charge in [-0.2, -0.15) is 0 Å². The number of carbonyl (C=O) groups is 1. The first-order valence-electron chi connectivity index (χ1n) is 5.28. The fourth-order valence-electron chi connectivity index (χ4n) is 2.21. The van der Waals surface area contributed by atoms with Gasteiger partial charge >= 0.3 is 5.97 Å². The van der Waals surface area contributed by atoms with Gasteiger partial charge in [0, 0.05) is 11.6 Å². The van der Waals surface area contributed by atoms with Gasteiger partial charge in [0.25, 0.3) is 0 Å². The SMILES string of the molecule is COc1cccc2c1CC(C)NC2C(=O)O. The number of benzene rings is 1. The molecule has 0 saturated heterocycles. The molecule has 1 aliphatic rings. The van der Waals surface area contributed by atoms with Crippen LogP contribution in [0.25, 0.3) is 0 Å². The van der Waals surface area contributed by atoms with E-state index in [0.717, 1.165) is 23.3 Å². The number of methoxy groups -OCH3 is 1. The first-order chi connectivity index (χ1) is 7.63. The number of hydrogen-bond donors (Lipinski definition) is 2. The van der Waals surface area contributed by atoms with E-state index in [9.17, 15) is 4.79 Å². The summed E-state index contributed by atoms with van der Waals surface area (Å²) in [5, 5.41) is 12.2. The first kappa shape index (κ1) is 11.0. The lowest BCUT2D eigenvalue weighted by atomic mass is 9.90. The van der Waals surface area contributed by atoms with Gasteiger partial charge in [-0.25, -0.2) is 0 Å². The van der Waals surface area contributed by atoms with Crippen LogP contribution in [0.1, 0.15) is 24.1 Å². The molecule has 1 aromatic carbocycles. The summed E-state index contributed by atoms with van der Waals surface area (Å²) in [5.74, 6) is -0.0712. The predicted octanol–water partition coefficient (Wildman–Crippen LogP) is 1.36. The minimum absolute atomic E-state index is 0.143. The van der Waals surface area contributed by atoms with Crippen LogP contribution in [-0.2, 0) is 11.2 Å². The largest absolute Gasteiger partial charge is 0.496 e. The van der Waals surface area contributed by atoms with Crippen molar-refractivity contribution in [1.29, 1.82) is 0 Å². The Labute approximate surface area is 94.2 Å². The quantitative estimate of drug-likeness (QED) is 0.791. The molecule has 4 heteroatoms. The van der Waals surface area contributed by atoms with E-state index in [1.807, 2.05) is 25.1 Å². The molecular formula is C12H15NO3. The summed E-state index contributed by atoms with van der Waals surface area (Å²) in [6.45, 7) is 1.98. The number of ether oxygens (including phenoxy) is 1. The van der Waals surface area contributed by atoms with Gasteiger partial charge in [-0.05, 0) is 25.0 Å². The highest BCUT2D eigenvalue weighted by Gasteiger charge is 2.30. The fraction of sp³-hybridized carbons (Fsp3) is 0.417. The predicted molar refractivity (Wildman–Crippen MR) is 59.7 cm³/mol. The van der Waals surface area contributed by atoms with Crippen LogP contribution in [-0.4, -0.2) is 24.2 Å². The number of carboxylic acid groups (broad SMARTS) is 1. The molecule has 2 N–H and O–H groups in total. The number of carboxylic acids is 1. The molecule has 0 bridgehead atoms. The van der Waals surface area contributed by atoms with E-state index in [4.69, 9.17) is 9.84 Å². The summed E-state index contributed by atoms with van der Waals surface area (Å²) >= 11 is 0. The number of nitrogens with one attached hydrogen (secondary N) is 1. The zero-order valence-electron chi connectivity index (χ0n) is 9.36. The fourth-order valence-corrected chi connectivity index (χ4v) is 2.21. The van der Waals surface area contributed by atoms with E-state index >= 15 is 0 Å². The highest BCUT2D eigenvalue weighted by Crippen LogP contribution is 2.32. The summed E-state index contributed by atoms with van der Waals surface area (Å²) in [7, 11) is 1.61. The third-order valence-electron chi connectivity index (χ3n) is 2.91. The van der Waals surface area contributed by atoms with Gasteiger partial charge in [-0.3, -0.25) is 10.1 Å². The Kier molecular flexibility index (Phi) is 2.83. The molecule has 1 heterocycles. The Hall–Kier alpha value is -1.55. The number of hydrogen-bond acceptors (Lipinski definition) is 3. The molecule has 86 valence electrons. The number of rotatable bonds is 2. The van der Waals surface area contributed by atoms with E-state index in [1.165, 1.54) is 0 Å². The lowest BCUT2D eigenvalue weighted by molar-refractivity contribution is -0.140. The lowest BCUT2D eigenvalue weighted by Gasteiger charge is -2.29. The summed E-state index contributed by atoms with van der Waals surface area (Å²) in [6, 6.07) is 5.05. The maximum absolute atomic E-state index is 11.2. The van der Waals surface area contributed by atoms with Crippen molar-refractivity contribution in [3.8, 4) is 5.75 Å². The van der Waals surface area contributed by atoms with E-state index in [2.05, 4.69) is 5.32 Å². The summed E-state index contributed by atoms with van der Waals surface area (Å²) in [6.07, 6.45) is 0.795. The normalized spacial score (nSPS) is 23.6. The summed E-state index contributed by atoms with van der Waals surface area (Å²) in [5.41, 5.74) is 1.81. The average molecular weight is 221 g/mol. The van der Waals surface area contributed by atoms with Crippen LogP contribution < -0.4 is 10.1 Å². The Bertz CT molecular complexity index is 417. The molecule has 0 radical (unpaired) electrons. The number of aliphatic carboxylic acids is 1. The monoisotopic (exact) mass is 221 g/mol. The van der Waals surface area contributed by atoms with Crippen molar-refractivity contribution in [1.82, 2.24) is 5.32 Å². The second-order valence-electron chi connectivity index (χ2n) is 4.07. The first-order valence-corrected chi connectivity index (χ1v) is 5.28. The van der Waals surface area contributed by atoms with Gasteiger partial charge in [-0.1, -0.05) is 12.1 Å². The molecular weight excluding hydrogens is 206 g/mol. The van der Waals surface area contributed by atoms with Crippen molar-refractivity contribution < 1.29 is 14.6 Å². The van der Waals surface area contributed by atoms with Gasteiger partial charge < -0.3 is 9.84 Å². The van der Waals surface area contributed by atoms with Gasteiger partial charge in [-0.15, -0.1) is 0 Å². The van der Waals surface area contributed by atoms with Gasteiger partial charge in [0.15, 0.2) is 0 Å². The van der Waals surface area contributed by atoms with Crippen molar-refractivity contribution in [3.63, 3.8) is 0 Å². The molecule has 0 fully saturated rings. The second-order valence-corrected chi connectivity index (χ2v) is 4.07. The van der Waals surface area contributed by atoms with E-state index < -0.39 is 12.0 Å². The number of fused-ring (bicyclic) bond motifs is 1. The summed E-state index contributed by atoms with van der Waals surface area (Å²) < 4.78 is 5.27. The Morgan fingerprint density at radius 2 is 2.31 bits per heavy atom. The maximum atomic E-state index is 11.2. The Morgan fingerprint density at radius 3 is 2.94 bits per heavy atom. The van der Waals surface area contributed by atoms with Crippen LogP contribution >= 0.6 is 0 Å². The van der Waals surface area contributed by atoms with Crippen molar-refractivity contribution in [3.05, 3.63) is 29.3 Å². The topological polar surface area (TPSA) is 58.6 Å². The smallest absolute Gasteiger partial charge is 0.325 e. The highest BCUT2D eigenvalue weighted by atomic mass is 16.5. The third kappa shape index (κ3) is 1.76. The van der Waals surface area contributed by atoms with Gasteiger partial charge in [0.1, 0.15) is 11.8 Å². The Balaban J connectivity index is 2.51. The van der Waals surface area contributed by atoms with E-state index in [0.29, 0.717) is 0 Å². The minimum Gasteiger partial charge on any atom is -0.496 e. The van der Waals surface area contributed by atoms with Crippen molar-refractivity contribution in [2.24, 2.45) is 0 Å². The molecule has 0 amide bonds. The van der Waals surface area contributed by atoms with Crippen molar-refractivity contribution in [2.75, 3.05) is 7.11 Å². The second kappa shape index (κ2) is 4.14. The minimum atomic E-state index is -0.846. The van der Waals surface area contributed by atoms with Crippen LogP contribution in [0, 0.1) is 0 Å². The average Bonchev–Trinajstić information content (AvgIpc) is 2.27. The van der Waals surface area contributed by atoms with Crippen molar-refractivity contribution in [2.45, 2.75) is 25.4 Å². The molecule has 4 nitrogen and oxygen atoms in total. The molecule has 0 aliphatic carbocycles. The van der Waals surface area contributed by atoms with Crippen LogP contribution in [0.5, 0.6) is 5.75 Å². The van der Waals surface area contributed by atoms with Gasteiger partial charge in [0.2, 0.25) is 0 Å². The van der Waals surface area contributed by atoms with Crippen LogP contribution in [0.2, 0.25) is 0 Å². The highest BCUT2D eigenvalue weighted by molar-refractivity contribution is 5.77.